The van der Waals surface area contributed by atoms with Crippen molar-refractivity contribution in [2.45, 2.75) is 0 Å². The van der Waals surface area contributed by atoms with Gasteiger partial charge in [-0.05, 0) is 23.3 Å². The van der Waals surface area contributed by atoms with Crippen LogP contribution in [0.2, 0.25) is 5.02 Å². The number of hydrogen-bond donors (Lipinski definition) is 0. The minimum atomic E-state index is -0.507. The molecular weight excluding hydrogens is 236 g/mol. The first kappa shape index (κ1) is 11.6. The Morgan fingerprint density at radius 3 is 1.82 bits per heavy atom. The molecule has 0 radical (unpaired) electrons. The quantitative estimate of drug-likeness (QED) is 0.471. The van der Waals surface area contributed by atoms with Crippen LogP contribution in [0, 0.1) is 0 Å². The number of aldehydes is 1. The lowest BCUT2D eigenvalue weighted by atomic mass is 10.0. The summed E-state index contributed by atoms with van der Waals surface area (Å²) in [4.78, 5) is 21.5. The average Bonchev–Trinajstić information content (AvgIpc) is 2.39. The van der Waals surface area contributed by atoms with Crippen molar-refractivity contribution in [3.8, 4) is 11.1 Å². The van der Waals surface area contributed by atoms with E-state index >= 15 is 0 Å². The normalized spacial score (nSPS) is 9.94. The minimum Gasteiger partial charge on any atom is -0.294 e. The standard InChI is InChI=1S/C14H9ClO2/c15-13-7-5-11(6-8-13)10-1-3-12(4-2-10)14(17)9-16/h1-9H. The fourth-order valence-electron chi connectivity index (χ4n) is 1.54. The maximum absolute atomic E-state index is 11.1. The second-order valence-corrected chi connectivity index (χ2v) is 4.00. The Kier molecular flexibility index (Phi) is 3.35. The van der Waals surface area contributed by atoms with Gasteiger partial charge in [0.1, 0.15) is 0 Å². The maximum atomic E-state index is 11.1. The van der Waals surface area contributed by atoms with Gasteiger partial charge in [-0.25, -0.2) is 0 Å². The van der Waals surface area contributed by atoms with E-state index in [9.17, 15) is 9.59 Å². The van der Waals surface area contributed by atoms with Gasteiger partial charge in [0.25, 0.3) is 0 Å². The van der Waals surface area contributed by atoms with Gasteiger partial charge >= 0.3 is 0 Å². The molecule has 0 N–H and O–H groups in total. The smallest absolute Gasteiger partial charge is 0.225 e. The monoisotopic (exact) mass is 244 g/mol. The zero-order chi connectivity index (χ0) is 12.3. The number of carbonyl (C=O) groups excluding carboxylic acids is 2. The zero-order valence-electron chi connectivity index (χ0n) is 8.89. The summed E-state index contributed by atoms with van der Waals surface area (Å²) in [5.74, 6) is -0.507. The van der Waals surface area contributed by atoms with Gasteiger partial charge in [-0.3, -0.25) is 9.59 Å². The molecule has 0 aliphatic carbocycles. The van der Waals surface area contributed by atoms with Gasteiger partial charge < -0.3 is 0 Å². The summed E-state index contributed by atoms with van der Waals surface area (Å²) >= 11 is 5.80. The highest BCUT2D eigenvalue weighted by molar-refractivity contribution is 6.33. The third kappa shape index (κ3) is 2.60. The molecule has 0 atom stereocenters. The van der Waals surface area contributed by atoms with E-state index in [4.69, 9.17) is 11.6 Å². The molecule has 2 rings (SSSR count). The van der Waals surface area contributed by atoms with E-state index in [1.165, 1.54) is 0 Å². The fourth-order valence-corrected chi connectivity index (χ4v) is 1.66. The van der Waals surface area contributed by atoms with Crippen LogP contribution in [0.25, 0.3) is 11.1 Å². The number of benzene rings is 2. The molecule has 0 spiro atoms. The van der Waals surface area contributed by atoms with E-state index < -0.39 is 5.78 Å². The predicted molar refractivity (Wildman–Crippen MR) is 67.3 cm³/mol. The van der Waals surface area contributed by atoms with Crippen LogP contribution < -0.4 is 0 Å². The van der Waals surface area contributed by atoms with Crippen molar-refractivity contribution >= 4 is 23.7 Å². The van der Waals surface area contributed by atoms with Gasteiger partial charge in [-0.15, -0.1) is 0 Å². The van der Waals surface area contributed by atoms with Crippen molar-refractivity contribution in [1.29, 1.82) is 0 Å². The third-order valence-corrected chi connectivity index (χ3v) is 2.71. The topological polar surface area (TPSA) is 34.1 Å². The van der Waals surface area contributed by atoms with E-state index in [-0.39, 0.29) is 0 Å². The van der Waals surface area contributed by atoms with Crippen molar-refractivity contribution in [1.82, 2.24) is 0 Å². The van der Waals surface area contributed by atoms with Crippen LogP contribution in [-0.4, -0.2) is 12.1 Å². The third-order valence-electron chi connectivity index (χ3n) is 2.45. The van der Waals surface area contributed by atoms with E-state index in [0.717, 1.165) is 11.1 Å². The number of carbonyl (C=O) groups is 2. The summed E-state index contributed by atoms with van der Waals surface area (Å²) in [5.41, 5.74) is 2.39. The summed E-state index contributed by atoms with van der Waals surface area (Å²) in [7, 11) is 0. The number of Topliss-reactive ketones (excluding diaryl/α,β-unsaturated/α-hetero) is 1. The summed E-state index contributed by atoms with van der Waals surface area (Å²) in [6.45, 7) is 0. The number of rotatable bonds is 3. The van der Waals surface area contributed by atoms with Crippen molar-refractivity contribution in [2.75, 3.05) is 0 Å². The second kappa shape index (κ2) is 4.93. The summed E-state index contributed by atoms with van der Waals surface area (Å²) < 4.78 is 0. The van der Waals surface area contributed by atoms with Gasteiger partial charge in [-0.1, -0.05) is 48.0 Å². The molecule has 2 aromatic carbocycles. The molecule has 0 unspecified atom stereocenters. The first-order valence-electron chi connectivity index (χ1n) is 5.06. The molecule has 0 aliphatic heterocycles. The van der Waals surface area contributed by atoms with E-state index in [1.54, 1.807) is 36.4 Å². The van der Waals surface area contributed by atoms with Crippen LogP contribution in [0.4, 0.5) is 0 Å². The molecule has 0 bridgehead atoms. The first-order valence-corrected chi connectivity index (χ1v) is 5.44. The Morgan fingerprint density at radius 2 is 1.35 bits per heavy atom. The maximum Gasteiger partial charge on any atom is 0.225 e. The Hall–Kier alpha value is -1.93. The first-order chi connectivity index (χ1) is 8.20. The molecule has 17 heavy (non-hydrogen) atoms. The summed E-state index contributed by atoms with van der Waals surface area (Å²) in [6.07, 6.45) is 0.317. The Balaban J connectivity index is 2.32. The van der Waals surface area contributed by atoms with Gasteiger partial charge in [0.2, 0.25) is 5.78 Å². The van der Waals surface area contributed by atoms with Crippen LogP contribution >= 0.6 is 11.6 Å². The molecule has 0 heterocycles. The summed E-state index contributed by atoms with van der Waals surface area (Å²) in [5, 5.41) is 0.682. The predicted octanol–water partition coefficient (Wildman–Crippen LogP) is 3.39. The molecule has 84 valence electrons. The van der Waals surface area contributed by atoms with E-state index in [2.05, 4.69) is 0 Å². The highest BCUT2D eigenvalue weighted by Crippen LogP contribution is 2.21. The van der Waals surface area contributed by atoms with Crippen LogP contribution in [0.3, 0.4) is 0 Å². The van der Waals surface area contributed by atoms with Gasteiger partial charge in [0.15, 0.2) is 6.29 Å². The lowest BCUT2D eigenvalue weighted by molar-refractivity contribution is -0.104. The Morgan fingerprint density at radius 1 is 0.882 bits per heavy atom. The van der Waals surface area contributed by atoms with Gasteiger partial charge in [-0.2, -0.15) is 0 Å². The molecule has 0 saturated heterocycles. The fraction of sp³-hybridized carbons (Fsp3) is 0. The van der Waals surface area contributed by atoms with Crippen LogP contribution in [0.15, 0.2) is 48.5 Å². The van der Waals surface area contributed by atoms with E-state index in [1.807, 2.05) is 12.1 Å². The largest absolute Gasteiger partial charge is 0.294 e. The zero-order valence-corrected chi connectivity index (χ0v) is 9.65. The minimum absolute atomic E-state index is 0.317. The van der Waals surface area contributed by atoms with Crippen LogP contribution in [0.1, 0.15) is 10.4 Å². The molecule has 0 saturated carbocycles. The molecule has 0 fully saturated rings. The molecule has 3 heteroatoms. The van der Waals surface area contributed by atoms with Crippen LogP contribution in [-0.2, 0) is 4.79 Å². The highest BCUT2D eigenvalue weighted by atomic mass is 35.5. The second-order valence-electron chi connectivity index (χ2n) is 3.57. The summed E-state index contributed by atoms with van der Waals surface area (Å²) in [6, 6.07) is 14.3. The van der Waals surface area contributed by atoms with Gasteiger partial charge in [0, 0.05) is 10.6 Å². The molecule has 2 aromatic rings. The van der Waals surface area contributed by atoms with Gasteiger partial charge in [0.05, 0.1) is 0 Å². The average molecular weight is 245 g/mol. The SMILES string of the molecule is O=CC(=O)c1ccc(-c2ccc(Cl)cc2)cc1. The number of ketones is 1. The molecule has 0 amide bonds. The van der Waals surface area contributed by atoms with Crippen molar-refractivity contribution < 1.29 is 9.59 Å². The molecule has 0 aliphatic rings. The lowest BCUT2D eigenvalue weighted by Gasteiger charge is -2.02. The van der Waals surface area contributed by atoms with Crippen molar-refractivity contribution in [3.05, 3.63) is 59.1 Å². The highest BCUT2D eigenvalue weighted by Gasteiger charge is 2.04. The number of halogens is 1. The van der Waals surface area contributed by atoms with Crippen LogP contribution in [0.5, 0.6) is 0 Å². The molecular formula is C14H9ClO2. The Bertz CT molecular complexity index is 541. The van der Waals surface area contributed by atoms with E-state index in [0.29, 0.717) is 16.9 Å². The molecule has 0 aromatic heterocycles. The molecule has 2 nitrogen and oxygen atoms in total. The number of hydrogen-bond acceptors (Lipinski definition) is 2. The lowest BCUT2D eigenvalue weighted by Crippen LogP contribution is -1.98. The van der Waals surface area contributed by atoms with Crippen molar-refractivity contribution in [2.24, 2.45) is 0 Å². The Labute approximate surface area is 104 Å². The van der Waals surface area contributed by atoms with Crippen molar-refractivity contribution in [3.63, 3.8) is 0 Å².